The number of benzene rings is 1. The maximum Gasteiger partial charge on any atom is 0.437 e. The molecule has 5 nitrogen and oxygen atoms in total. The van der Waals surface area contributed by atoms with Crippen molar-refractivity contribution in [3.8, 4) is 11.5 Å². The molecule has 15 heavy (non-hydrogen) atoms. The Kier molecular flexibility index (Phi) is 2.21. The molecule has 0 spiro atoms. The number of nitrogens with zero attached hydrogens (tertiary/aromatic N) is 2. The Hall–Kier alpha value is -2.17. The highest BCUT2D eigenvalue weighted by Gasteiger charge is 2.07. The van der Waals surface area contributed by atoms with Gasteiger partial charge in [-0.05, 0) is 12.1 Å². The van der Waals surface area contributed by atoms with E-state index in [9.17, 15) is 9.59 Å². The summed E-state index contributed by atoms with van der Waals surface area (Å²) in [6.45, 7) is 0. The van der Waals surface area contributed by atoms with E-state index >= 15 is 0 Å². The molecular weight excluding hydrogens is 196 g/mol. The molecule has 2 rings (SSSR count). The van der Waals surface area contributed by atoms with Crippen LogP contribution in [0.25, 0.3) is 11.5 Å². The molecule has 0 unspecified atom stereocenters. The molecule has 0 atom stereocenters. The highest BCUT2D eigenvalue weighted by molar-refractivity contribution is 5.77. The van der Waals surface area contributed by atoms with Crippen LogP contribution < -0.4 is 5.76 Å². The lowest BCUT2D eigenvalue weighted by atomic mass is 10.1. The van der Waals surface area contributed by atoms with Gasteiger partial charge in [0.05, 0.1) is 0 Å². The summed E-state index contributed by atoms with van der Waals surface area (Å²) in [5.41, 5.74) is 1.12. The summed E-state index contributed by atoms with van der Waals surface area (Å²) in [5.74, 6) is -0.312. The predicted molar refractivity (Wildman–Crippen MR) is 52.6 cm³/mol. The number of aldehydes is 1. The van der Waals surface area contributed by atoms with Crippen molar-refractivity contribution >= 4 is 6.29 Å². The second kappa shape index (κ2) is 3.53. The zero-order chi connectivity index (χ0) is 10.8. The van der Waals surface area contributed by atoms with E-state index < -0.39 is 5.76 Å². The zero-order valence-electron chi connectivity index (χ0n) is 8.01. The van der Waals surface area contributed by atoms with Gasteiger partial charge in [-0.25, -0.2) is 4.79 Å². The third-order valence-electron chi connectivity index (χ3n) is 1.96. The van der Waals surface area contributed by atoms with Gasteiger partial charge in [0.2, 0.25) is 5.89 Å². The molecule has 0 saturated carbocycles. The molecule has 1 aromatic heterocycles. The molecule has 0 saturated heterocycles. The number of hydrogen-bond acceptors (Lipinski definition) is 4. The van der Waals surface area contributed by atoms with Crippen molar-refractivity contribution < 1.29 is 9.21 Å². The van der Waals surface area contributed by atoms with E-state index in [1.54, 1.807) is 24.3 Å². The molecule has 1 aromatic carbocycles. The molecule has 0 aliphatic rings. The van der Waals surface area contributed by atoms with E-state index in [2.05, 4.69) is 5.10 Å². The summed E-state index contributed by atoms with van der Waals surface area (Å²) >= 11 is 0. The quantitative estimate of drug-likeness (QED) is 0.680. The lowest BCUT2D eigenvalue weighted by Gasteiger charge is -1.94. The maximum atomic E-state index is 11.0. The van der Waals surface area contributed by atoms with Crippen LogP contribution in [0.4, 0.5) is 0 Å². The molecule has 0 N–H and O–H groups in total. The minimum atomic E-state index is -0.526. The normalized spacial score (nSPS) is 10.2. The van der Waals surface area contributed by atoms with E-state index in [0.29, 0.717) is 11.1 Å². The first-order valence-corrected chi connectivity index (χ1v) is 4.30. The van der Waals surface area contributed by atoms with Gasteiger partial charge in [-0.1, -0.05) is 12.1 Å². The average molecular weight is 204 g/mol. The second-order valence-corrected chi connectivity index (χ2v) is 3.04. The Bertz CT molecular complexity index is 554. The molecule has 0 bridgehead atoms. The van der Waals surface area contributed by atoms with E-state index in [1.807, 2.05) is 0 Å². The smallest absolute Gasteiger partial charge is 0.388 e. The van der Waals surface area contributed by atoms with Crippen molar-refractivity contribution in [3.63, 3.8) is 0 Å². The summed E-state index contributed by atoms with van der Waals surface area (Å²) in [6.07, 6.45) is 0.727. The Balaban J connectivity index is 2.53. The van der Waals surface area contributed by atoms with Gasteiger partial charge in [-0.2, -0.15) is 4.68 Å². The Morgan fingerprint density at radius 2 is 2.27 bits per heavy atom. The third-order valence-corrected chi connectivity index (χ3v) is 1.96. The van der Waals surface area contributed by atoms with E-state index in [0.717, 1.165) is 11.0 Å². The van der Waals surface area contributed by atoms with Crippen molar-refractivity contribution in [2.45, 2.75) is 0 Å². The first kappa shape index (κ1) is 9.39. The molecule has 0 fully saturated rings. The minimum Gasteiger partial charge on any atom is -0.388 e. The van der Waals surface area contributed by atoms with E-state index in [-0.39, 0.29) is 5.89 Å². The standard InChI is InChI=1S/C10H8N2O3/c1-12-10(14)15-9(11-12)8-4-2-3-7(5-8)6-13/h2-6H,1H3. The SMILES string of the molecule is Cn1nc(-c2cccc(C=O)c2)oc1=O. The molecule has 0 aliphatic carbocycles. The van der Waals surface area contributed by atoms with Crippen molar-refractivity contribution in [1.29, 1.82) is 0 Å². The molecular formula is C10H8N2O3. The van der Waals surface area contributed by atoms with Crippen molar-refractivity contribution in [2.24, 2.45) is 7.05 Å². The average Bonchev–Trinajstić information content (AvgIpc) is 2.59. The highest BCUT2D eigenvalue weighted by Crippen LogP contribution is 2.15. The van der Waals surface area contributed by atoms with Crippen LogP contribution in [0.15, 0.2) is 33.5 Å². The lowest BCUT2D eigenvalue weighted by molar-refractivity contribution is 0.112. The van der Waals surface area contributed by atoms with Crippen LogP contribution in [0.3, 0.4) is 0 Å². The molecule has 0 aliphatic heterocycles. The summed E-state index contributed by atoms with van der Waals surface area (Å²) in [7, 11) is 1.50. The minimum absolute atomic E-state index is 0.214. The fraction of sp³-hybridized carbons (Fsp3) is 0.100. The van der Waals surface area contributed by atoms with Gasteiger partial charge in [0, 0.05) is 18.2 Å². The highest BCUT2D eigenvalue weighted by atomic mass is 16.4. The largest absolute Gasteiger partial charge is 0.437 e. The van der Waals surface area contributed by atoms with Crippen LogP contribution in [-0.2, 0) is 7.05 Å². The monoisotopic (exact) mass is 204 g/mol. The second-order valence-electron chi connectivity index (χ2n) is 3.04. The van der Waals surface area contributed by atoms with Crippen LogP contribution in [0, 0.1) is 0 Å². The van der Waals surface area contributed by atoms with Crippen LogP contribution >= 0.6 is 0 Å². The van der Waals surface area contributed by atoms with Crippen LogP contribution in [-0.4, -0.2) is 16.1 Å². The van der Waals surface area contributed by atoms with Gasteiger partial charge >= 0.3 is 5.76 Å². The van der Waals surface area contributed by atoms with Crippen LogP contribution in [0.2, 0.25) is 0 Å². The zero-order valence-corrected chi connectivity index (χ0v) is 8.01. The number of aryl methyl sites for hydroxylation is 1. The Labute approximate surface area is 85.0 Å². The van der Waals surface area contributed by atoms with Gasteiger partial charge in [-0.3, -0.25) is 4.79 Å². The van der Waals surface area contributed by atoms with Crippen LogP contribution in [0.5, 0.6) is 0 Å². The third kappa shape index (κ3) is 1.71. The summed E-state index contributed by atoms with van der Waals surface area (Å²) in [4.78, 5) is 21.6. The van der Waals surface area contributed by atoms with Crippen molar-refractivity contribution in [1.82, 2.24) is 9.78 Å². The summed E-state index contributed by atoms with van der Waals surface area (Å²) < 4.78 is 5.98. The number of rotatable bonds is 2. The lowest BCUT2D eigenvalue weighted by Crippen LogP contribution is -2.09. The van der Waals surface area contributed by atoms with Gasteiger partial charge in [0.25, 0.3) is 0 Å². The topological polar surface area (TPSA) is 65.1 Å². The van der Waals surface area contributed by atoms with Crippen LogP contribution in [0.1, 0.15) is 10.4 Å². The van der Waals surface area contributed by atoms with E-state index in [4.69, 9.17) is 4.42 Å². The molecule has 0 radical (unpaired) electrons. The number of aromatic nitrogens is 2. The fourth-order valence-electron chi connectivity index (χ4n) is 1.21. The predicted octanol–water partition coefficient (Wildman–Crippen LogP) is 0.853. The number of carbonyl (C=O) groups is 1. The first-order chi connectivity index (χ1) is 7.20. The molecule has 1 heterocycles. The Morgan fingerprint density at radius 3 is 2.87 bits per heavy atom. The summed E-state index contributed by atoms with van der Waals surface area (Å²) in [5, 5.41) is 3.88. The van der Waals surface area contributed by atoms with Gasteiger partial charge in [-0.15, -0.1) is 5.10 Å². The molecule has 5 heteroatoms. The van der Waals surface area contributed by atoms with Crippen molar-refractivity contribution in [2.75, 3.05) is 0 Å². The summed E-state index contributed by atoms with van der Waals surface area (Å²) in [6, 6.07) is 6.70. The van der Waals surface area contributed by atoms with Gasteiger partial charge in [0.15, 0.2) is 0 Å². The maximum absolute atomic E-state index is 11.0. The molecule has 76 valence electrons. The fourth-order valence-corrected chi connectivity index (χ4v) is 1.21. The molecule has 0 amide bonds. The number of carbonyl (C=O) groups excluding carboxylic acids is 1. The van der Waals surface area contributed by atoms with E-state index in [1.165, 1.54) is 7.05 Å². The first-order valence-electron chi connectivity index (χ1n) is 4.30. The van der Waals surface area contributed by atoms with Gasteiger partial charge in [0.1, 0.15) is 6.29 Å². The number of hydrogen-bond donors (Lipinski definition) is 0. The Morgan fingerprint density at radius 1 is 1.47 bits per heavy atom. The van der Waals surface area contributed by atoms with Gasteiger partial charge < -0.3 is 4.42 Å². The van der Waals surface area contributed by atoms with Crippen molar-refractivity contribution in [3.05, 3.63) is 40.4 Å². The molecule has 2 aromatic rings.